The zero-order chi connectivity index (χ0) is 15.3. The fourth-order valence-corrected chi connectivity index (χ4v) is 3.61. The topological polar surface area (TPSA) is 60.2 Å². The van der Waals surface area contributed by atoms with Crippen molar-refractivity contribution in [2.75, 3.05) is 0 Å². The Kier molecular flexibility index (Phi) is 2.94. The molecule has 3 aromatic heterocycles. The molecule has 3 heterocycles. The van der Waals surface area contributed by atoms with E-state index in [1.54, 1.807) is 6.20 Å². The first-order valence-electron chi connectivity index (χ1n) is 7.25. The lowest BCUT2D eigenvalue weighted by molar-refractivity contribution is 0.829. The third-order valence-electron chi connectivity index (χ3n) is 3.69. The van der Waals surface area contributed by atoms with Gasteiger partial charge in [0.25, 0.3) is 5.56 Å². The predicted molar refractivity (Wildman–Crippen MR) is 88.7 cm³/mol. The fraction of sp³-hybridized carbons (Fsp3) is 0.250. The van der Waals surface area contributed by atoms with Crippen LogP contribution in [-0.2, 0) is 6.42 Å². The van der Waals surface area contributed by atoms with Crippen LogP contribution in [0.4, 0.5) is 0 Å². The molecule has 0 atom stereocenters. The Hall–Kier alpha value is -2.34. The van der Waals surface area contributed by atoms with Crippen LogP contribution in [0.1, 0.15) is 23.9 Å². The molecule has 4 aromatic rings. The number of fused-ring (bicyclic) bond motifs is 4. The molecule has 0 radical (unpaired) electrons. The average molecular weight is 310 g/mol. The quantitative estimate of drug-likeness (QED) is 0.534. The molecule has 6 heteroatoms. The average Bonchev–Trinajstić information content (AvgIpc) is 2.91. The van der Waals surface area contributed by atoms with Gasteiger partial charge >= 0.3 is 0 Å². The smallest absolute Gasteiger partial charge is 0.266 e. The van der Waals surface area contributed by atoms with Crippen LogP contribution in [0.5, 0.6) is 0 Å². The second-order valence-corrected chi connectivity index (χ2v) is 6.44. The van der Waals surface area contributed by atoms with Crippen LogP contribution in [0.25, 0.3) is 26.8 Å². The van der Waals surface area contributed by atoms with E-state index in [-0.39, 0.29) is 5.56 Å². The molecule has 5 nitrogen and oxygen atoms in total. The predicted octanol–water partition coefficient (Wildman–Crippen LogP) is 3.11. The van der Waals surface area contributed by atoms with Gasteiger partial charge in [-0.15, -0.1) is 0 Å². The molecule has 0 N–H and O–H groups in total. The maximum absolute atomic E-state index is 12.7. The van der Waals surface area contributed by atoms with E-state index < -0.39 is 0 Å². The number of aromatic nitrogens is 4. The minimum Gasteiger partial charge on any atom is -0.266 e. The second kappa shape index (κ2) is 4.84. The van der Waals surface area contributed by atoms with Gasteiger partial charge < -0.3 is 0 Å². The summed E-state index contributed by atoms with van der Waals surface area (Å²) in [6, 6.07) is 6.00. The molecule has 0 aliphatic carbocycles. The van der Waals surface area contributed by atoms with Crippen molar-refractivity contribution in [3.63, 3.8) is 0 Å². The van der Waals surface area contributed by atoms with Crippen molar-refractivity contribution in [2.24, 2.45) is 0 Å². The van der Waals surface area contributed by atoms with Crippen molar-refractivity contribution in [1.82, 2.24) is 19.6 Å². The molecule has 110 valence electrons. The van der Waals surface area contributed by atoms with E-state index in [0.717, 1.165) is 34.3 Å². The van der Waals surface area contributed by atoms with Crippen LogP contribution in [0.15, 0.2) is 29.2 Å². The molecule has 1 aromatic carbocycles. The van der Waals surface area contributed by atoms with E-state index in [1.807, 2.05) is 25.1 Å². The fourth-order valence-electron chi connectivity index (χ4n) is 2.62. The van der Waals surface area contributed by atoms with Crippen molar-refractivity contribution in [2.45, 2.75) is 26.7 Å². The first-order valence-corrected chi connectivity index (χ1v) is 8.07. The Morgan fingerprint density at radius 3 is 2.95 bits per heavy atom. The summed E-state index contributed by atoms with van der Waals surface area (Å²) < 4.78 is 1.40. The molecule has 22 heavy (non-hydrogen) atoms. The molecule has 0 aliphatic heterocycles. The number of pyridine rings is 1. The number of nitrogens with zero attached hydrogens (tertiary/aromatic N) is 4. The Labute approximate surface area is 130 Å². The van der Waals surface area contributed by atoms with Gasteiger partial charge in [-0.2, -0.15) is 9.61 Å². The lowest BCUT2D eigenvalue weighted by atomic mass is 10.1. The summed E-state index contributed by atoms with van der Waals surface area (Å²) >= 11 is 1.48. The largest absolute Gasteiger partial charge is 0.284 e. The van der Waals surface area contributed by atoms with Crippen molar-refractivity contribution in [1.29, 1.82) is 0 Å². The van der Waals surface area contributed by atoms with Gasteiger partial charge in [-0.3, -0.25) is 9.78 Å². The highest BCUT2D eigenvalue weighted by molar-refractivity contribution is 7.16. The minimum absolute atomic E-state index is 0.144. The first-order chi connectivity index (χ1) is 10.7. The summed E-state index contributed by atoms with van der Waals surface area (Å²) in [5, 5.41) is 6.76. The van der Waals surface area contributed by atoms with Gasteiger partial charge in [-0.1, -0.05) is 29.9 Å². The van der Waals surface area contributed by atoms with E-state index in [0.29, 0.717) is 15.9 Å². The van der Waals surface area contributed by atoms with E-state index >= 15 is 0 Å². The number of hydrogen-bond acceptors (Lipinski definition) is 5. The summed E-state index contributed by atoms with van der Waals surface area (Å²) in [4.78, 5) is 22.4. The standard InChI is InChI=1S/C16H14N4OS/c1-3-4-13-19-20-15(21)11-8-17-12-6-5-9(2)7-10(12)14(11)18-16(20)22-13/h5-8H,3-4H2,1-2H3. The van der Waals surface area contributed by atoms with Crippen LogP contribution in [0.3, 0.4) is 0 Å². The molecule has 4 rings (SSSR count). The summed E-state index contributed by atoms with van der Waals surface area (Å²) in [6.45, 7) is 4.12. The van der Waals surface area contributed by atoms with Crippen molar-refractivity contribution >= 4 is 38.1 Å². The summed E-state index contributed by atoms with van der Waals surface area (Å²) in [5.41, 5.74) is 2.55. The van der Waals surface area contributed by atoms with Crippen molar-refractivity contribution in [3.05, 3.63) is 45.3 Å². The van der Waals surface area contributed by atoms with Gasteiger partial charge in [-0.05, 0) is 25.5 Å². The van der Waals surface area contributed by atoms with Gasteiger partial charge in [0.1, 0.15) is 5.01 Å². The Bertz CT molecular complexity index is 1080. The number of rotatable bonds is 2. The molecule has 0 spiro atoms. The minimum atomic E-state index is -0.144. The molecular weight excluding hydrogens is 296 g/mol. The van der Waals surface area contributed by atoms with E-state index in [2.05, 4.69) is 22.0 Å². The van der Waals surface area contributed by atoms with E-state index in [4.69, 9.17) is 0 Å². The zero-order valence-electron chi connectivity index (χ0n) is 12.3. The third-order valence-corrected chi connectivity index (χ3v) is 4.66. The van der Waals surface area contributed by atoms with Gasteiger partial charge in [0.2, 0.25) is 4.96 Å². The molecule has 0 fully saturated rings. The van der Waals surface area contributed by atoms with Crippen LogP contribution >= 0.6 is 11.3 Å². The molecule has 0 unspecified atom stereocenters. The van der Waals surface area contributed by atoms with Gasteiger partial charge in [0, 0.05) is 18.0 Å². The summed E-state index contributed by atoms with van der Waals surface area (Å²) in [7, 11) is 0. The summed E-state index contributed by atoms with van der Waals surface area (Å²) in [6.07, 6.45) is 3.47. The number of aryl methyl sites for hydroxylation is 2. The van der Waals surface area contributed by atoms with Crippen LogP contribution in [-0.4, -0.2) is 19.6 Å². The van der Waals surface area contributed by atoms with Crippen molar-refractivity contribution < 1.29 is 0 Å². The van der Waals surface area contributed by atoms with E-state index in [9.17, 15) is 4.79 Å². The second-order valence-electron chi connectivity index (χ2n) is 5.40. The Morgan fingerprint density at radius 1 is 1.27 bits per heavy atom. The molecular formula is C16H14N4OS. The Balaban J connectivity index is 2.16. The normalized spacial score (nSPS) is 11.7. The number of benzene rings is 1. The molecule has 0 amide bonds. The lowest BCUT2D eigenvalue weighted by Gasteiger charge is -2.03. The molecule has 0 saturated carbocycles. The first kappa shape index (κ1) is 13.3. The SMILES string of the molecule is CCCc1nn2c(=O)c3cnc4ccc(C)cc4c3nc2s1. The zero-order valence-corrected chi connectivity index (χ0v) is 13.1. The third kappa shape index (κ3) is 1.91. The van der Waals surface area contributed by atoms with Crippen molar-refractivity contribution in [3.8, 4) is 0 Å². The molecule has 0 aliphatic rings. The highest BCUT2D eigenvalue weighted by atomic mass is 32.1. The maximum Gasteiger partial charge on any atom is 0.284 e. The number of hydrogen-bond donors (Lipinski definition) is 0. The molecule has 0 bridgehead atoms. The highest BCUT2D eigenvalue weighted by Crippen LogP contribution is 2.23. The molecule has 0 saturated heterocycles. The van der Waals surface area contributed by atoms with E-state index in [1.165, 1.54) is 15.9 Å². The van der Waals surface area contributed by atoms with Gasteiger partial charge in [0.15, 0.2) is 0 Å². The van der Waals surface area contributed by atoms with Crippen LogP contribution in [0, 0.1) is 6.92 Å². The maximum atomic E-state index is 12.7. The lowest BCUT2D eigenvalue weighted by Crippen LogP contribution is -2.15. The van der Waals surface area contributed by atoms with Crippen LogP contribution in [0.2, 0.25) is 0 Å². The highest BCUT2D eigenvalue weighted by Gasteiger charge is 2.13. The van der Waals surface area contributed by atoms with Gasteiger partial charge in [0.05, 0.1) is 16.4 Å². The van der Waals surface area contributed by atoms with Crippen LogP contribution < -0.4 is 5.56 Å². The monoisotopic (exact) mass is 310 g/mol. The Morgan fingerprint density at radius 2 is 2.14 bits per heavy atom. The summed E-state index contributed by atoms with van der Waals surface area (Å²) in [5.74, 6) is 0. The van der Waals surface area contributed by atoms with Gasteiger partial charge in [-0.25, -0.2) is 4.98 Å².